The van der Waals surface area contributed by atoms with E-state index in [0.717, 1.165) is 23.7 Å². The van der Waals surface area contributed by atoms with Crippen molar-refractivity contribution < 1.29 is 4.92 Å². The molecule has 0 spiro atoms. The number of nitro groups is 1. The highest BCUT2D eigenvalue weighted by Crippen LogP contribution is 2.35. The van der Waals surface area contributed by atoms with Crippen LogP contribution in [-0.2, 0) is 12.8 Å². The molecule has 1 aliphatic carbocycles. The molecule has 2 N–H and O–H groups in total. The summed E-state index contributed by atoms with van der Waals surface area (Å²) in [6, 6.07) is 6.31. The molecular formula is C14H15BrN4O2. The van der Waals surface area contributed by atoms with Crippen LogP contribution in [0.3, 0.4) is 0 Å². The van der Waals surface area contributed by atoms with Crippen LogP contribution >= 0.6 is 15.9 Å². The lowest BCUT2D eigenvalue weighted by atomic mass is 9.88. The average molecular weight is 351 g/mol. The summed E-state index contributed by atoms with van der Waals surface area (Å²) in [7, 11) is 0. The van der Waals surface area contributed by atoms with Gasteiger partial charge in [-0.05, 0) is 49.4 Å². The van der Waals surface area contributed by atoms with Gasteiger partial charge in [-0.25, -0.2) is 4.68 Å². The van der Waals surface area contributed by atoms with E-state index in [1.165, 1.54) is 11.1 Å². The van der Waals surface area contributed by atoms with Gasteiger partial charge < -0.3 is 5.73 Å². The average Bonchev–Trinajstić information content (AvgIpc) is 2.73. The molecule has 1 unspecified atom stereocenters. The summed E-state index contributed by atoms with van der Waals surface area (Å²) in [4.78, 5) is 10.6. The van der Waals surface area contributed by atoms with E-state index in [9.17, 15) is 10.1 Å². The fourth-order valence-corrected chi connectivity index (χ4v) is 3.38. The van der Waals surface area contributed by atoms with E-state index >= 15 is 0 Å². The van der Waals surface area contributed by atoms with Crippen molar-refractivity contribution in [1.29, 1.82) is 0 Å². The van der Waals surface area contributed by atoms with Gasteiger partial charge in [0.15, 0.2) is 0 Å². The lowest BCUT2D eigenvalue weighted by Crippen LogP contribution is -2.21. The zero-order valence-electron chi connectivity index (χ0n) is 11.5. The number of nitrogens with zero attached hydrogens (tertiary/aromatic N) is 3. The van der Waals surface area contributed by atoms with Crippen molar-refractivity contribution in [2.24, 2.45) is 0 Å². The topological polar surface area (TPSA) is 87.0 Å². The molecule has 0 amide bonds. The van der Waals surface area contributed by atoms with Gasteiger partial charge in [0.05, 0.1) is 11.0 Å². The number of fused-ring (bicyclic) bond motifs is 1. The minimum Gasteiger partial charge on any atom is -0.378 e. The van der Waals surface area contributed by atoms with E-state index in [1.807, 2.05) is 6.07 Å². The van der Waals surface area contributed by atoms with Gasteiger partial charge in [0.2, 0.25) is 5.82 Å². The maximum atomic E-state index is 11.0. The van der Waals surface area contributed by atoms with Gasteiger partial charge in [-0.1, -0.05) is 22.0 Å². The summed E-state index contributed by atoms with van der Waals surface area (Å²) in [5.41, 5.74) is 8.80. The van der Waals surface area contributed by atoms with Crippen molar-refractivity contribution in [3.8, 4) is 0 Å². The number of aromatic nitrogens is 2. The number of benzene rings is 1. The van der Waals surface area contributed by atoms with Crippen LogP contribution in [0, 0.1) is 17.0 Å². The van der Waals surface area contributed by atoms with Gasteiger partial charge in [-0.15, -0.1) is 0 Å². The number of rotatable bonds is 2. The fourth-order valence-electron chi connectivity index (χ4n) is 2.97. The van der Waals surface area contributed by atoms with E-state index < -0.39 is 4.92 Å². The van der Waals surface area contributed by atoms with E-state index in [-0.39, 0.29) is 17.5 Å². The van der Waals surface area contributed by atoms with Crippen molar-refractivity contribution in [2.45, 2.75) is 32.2 Å². The molecule has 0 fully saturated rings. The SMILES string of the molecule is Cc1nn(C2CCc3cc(Br)ccc3C2)c(N)c1[N+](=O)[O-]. The molecule has 0 aliphatic heterocycles. The summed E-state index contributed by atoms with van der Waals surface area (Å²) in [5.74, 6) is 0.156. The highest BCUT2D eigenvalue weighted by Gasteiger charge is 2.29. The number of nitrogens with two attached hydrogens (primary N) is 1. The van der Waals surface area contributed by atoms with Crippen molar-refractivity contribution in [3.63, 3.8) is 0 Å². The molecule has 0 saturated heterocycles. The molecule has 0 radical (unpaired) electrons. The second-order valence-electron chi connectivity index (χ2n) is 5.33. The molecule has 21 heavy (non-hydrogen) atoms. The first-order valence-corrected chi connectivity index (χ1v) is 7.53. The zero-order valence-corrected chi connectivity index (χ0v) is 13.1. The summed E-state index contributed by atoms with van der Waals surface area (Å²) >= 11 is 3.48. The predicted molar refractivity (Wildman–Crippen MR) is 83.2 cm³/mol. The molecular weight excluding hydrogens is 336 g/mol. The van der Waals surface area contributed by atoms with E-state index in [4.69, 9.17) is 5.73 Å². The standard InChI is InChI=1S/C14H15BrN4O2/c1-8-13(19(20)21)14(16)18(17-8)12-5-3-9-6-11(15)4-2-10(9)7-12/h2,4,6,12H,3,5,7,16H2,1H3. The number of aryl methyl sites for hydroxylation is 2. The van der Waals surface area contributed by atoms with Gasteiger partial charge in [-0.2, -0.15) is 5.10 Å². The summed E-state index contributed by atoms with van der Waals surface area (Å²) in [5, 5.41) is 15.3. The molecule has 3 rings (SSSR count). The van der Waals surface area contributed by atoms with Crippen molar-refractivity contribution >= 4 is 27.4 Å². The smallest absolute Gasteiger partial charge is 0.333 e. The maximum Gasteiger partial charge on any atom is 0.333 e. The third-order valence-corrected chi connectivity index (χ3v) is 4.48. The molecule has 6 nitrogen and oxygen atoms in total. The van der Waals surface area contributed by atoms with E-state index in [0.29, 0.717) is 5.69 Å². The molecule has 1 atom stereocenters. The van der Waals surface area contributed by atoms with Gasteiger partial charge in [0, 0.05) is 4.47 Å². The molecule has 0 saturated carbocycles. The number of nitrogen functional groups attached to an aromatic ring is 1. The number of hydrogen-bond acceptors (Lipinski definition) is 4. The Labute approximate surface area is 130 Å². The molecule has 1 aliphatic rings. The first-order chi connectivity index (χ1) is 9.97. The van der Waals surface area contributed by atoms with E-state index in [2.05, 4.69) is 33.2 Å². The first kappa shape index (κ1) is 14.1. The lowest BCUT2D eigenvalue weighted by Gasteiger charge is -2.25. The highest BCUT2D eigenvalue weighted by atomic mass is 79.9. The van der Waals surface area contributed by atoms with Crippen LogP contribution in [-0.4, -0.2) is 14.7 Å². The van der Waals surface area contributed by atoms with Gasteiger partial charge >= 0.3 is 5.69 Å². The van der Waals surface area contributed by atoms with Crippen LogP contribution in [0.2, 0.25) is 0 Å². The second-order valence-corrected chi connectivity index (χ2v) is 6.25. The van der Waals surface area contributed by atoms with Crippen LogP contribution < -0.4 is 5.73 Å². The third kappa shape index (κ3) is 2.42. The Morgan fingerprint density at radius 3 is 2.90 bits per heavy atom. The lowest BCUT2D eigenvalue weighted by molar-refractivity contribution is -0.384. The Balaban J connectivity index is 1.95. The largest absolute Gasteiger partial charge is 0.378 e. The Bertz CT molecular complexity index is 726. The first-order valence-electron chi connectivity index (χ1n) is 6.73. The molecule has 2 aromatic rings. The highest BCUT2D eigenvalue weighted by molar-refractivity contribution is 9.10. The van der Waals surface area contributed by atoms with Crippen LogP contribution in [0.1, 0.15) is 29.3 Å². The Kier molecular flexibility index (Phi) is 3.44. The summed E-state index contributed by atoms with van der Waals surface area (Å²) < 4.78 is 2.70. The van der Waals surface area contributed by atoms with Gasteiger partial charge in [0.25, 0.3) is 0 Å². The van der Waals surface area contributed by atoms with Crippen LogP contribution in [0.4, 0.5) is 11.5 Å². The van der Waals surface area contributed by atoms with Crippen molar-refractivity contribution in [3.05, 3.63) is 49.6 Å². The van der Waals surface area contributed by atoms with Crippen LogP contribution in [0.5, 0.6) is 0 Å². The Hall–Kier alpha value is -1.89. The van der Waals surface area contributed by atoms with Gasteiger partial charge in [-0.3, -0.25) is 10.1 Å². The minimum absolute atomic E-state index is 0.0726. The van der Waals surface area contributed by atoms with Gasteiger partial charge in [0.1, 0.15) is 5.69 Å². The Morgan fingerprint density at radius 2 is 2.24 bits per heavy atom. The fraction of sp³-hybridized carbons (Fsp3) is 0.357. The number of hydrogen-bond donors (Lipinski definition) is 1. The molecule has 110 valence electrons. The van der Waals surface area contributed by atoms with Crippen molar-refractivity contribution in [2.75, 3.05) is 5.73 Å². The molecule has 7 heteroatoms. The quantitative estimate of drug-likeness (QED) is 0.665. The maximum absolute atomic E-state index is 11.0. The predicted octanol–water partition coefficient (Wildman–Crippen LogP) is 3.17. The van der Waals surface area contributed by atoms with Crippen LogP contribution in [0.15, 0.2) is 22.7 Å². The Morgan fingerprint density at radius 1 is 1.48 bits per heavy atom. The van der Waals surface area contributed by atoms with Crippen LogP contribution in [0.25, 0.3) is 0 Å². The monoisotopic (exact) mass is 350 g/mol. The normalized spacial score (nSPS) is 17.5. The summed E-state index contributed by atoms with van der Waals surface area (Å²) in [6.45, 7) is 1.62. The molecule has 1 aromatic heterocycles. The van der Waals surface area contributed by atoms with E-state index in [1.54, 1.807) is 11.6 Å². The molecule has 1 heterocycles. The third-order valence-electron chi connectivity index (χ3n) is 3.99. The van der Waals surface area contributed by atoms with Crippen molar-refractivity contribution in [1.82, 2.24) is 9.78 Å². The zero-order chi connectivity index (χ0) is 15.1. The number of anilines is 1. The summed E-state index contributed by atoms with van der Waals surface area (Å²) in [6.07, 6.45) is 2.60. The number of halogens is 1. The molecule has 0 bridgehead atoms. The molecule has 1 aromatic carbocycles. The minimum atomic E-state index is -0.456. The second kappa shape index (κ2) is 5.14.